The first-order valence-corrected chi connectivity index (χ1v) is 5.02. The first-order chi connectivity index (χ1) is 5.35. The van der Waals surface area contributed by atoms with Gasteiger partial charge in [0.1, 0.15) is 0 Å². The molecule has 0 aliphatic rings. The summed E-state index contributed by atoms with van der Waals surface area (Å²) in [5.74, 6) is 0. The molecule has 0 heterocycles. The normalized spacial score (nSPS) is 10.1. The molecule has 0 fully saturated rings. The molecule has 0 radical (unpaired) electrons. The topological polar surface area (TPSA) is 12.0 Å². The summed E-state index contributed by atoms with van der Waals surface area (Å²) in [4.78, 5) is 0. The van der Waals surface area contributed by atoms with E-state index >= 15 is 0 Å². The Morgan fingerprint density at radius 3 is 1.73 bits per heavy atom. The molecule has 0 aromatic heterocycles. The van der Waals surface area contributed by atoms with Gasteiger partial charge in [-0.15, -0.1) is 0 Å². The van der Waals surface area contributed by atoms with Gasteiger partial charge in [-0.1, -0.05) is 52.2 Å². The molecule has 0 aromatic rings. The summed E-state index contributed by atoms with van der Waals surface area (Å²) in [5, 5.41) is 3.37. The van der Waals surface area contributed by atoms with Gasteiger partial charge in [0.2, 0.25) is 6.85 Å². The Balaban J connectivity index is 3.25. The largest absolute Gasteiger partial charge is 0.358 e. The Kier molecular flexibility index (Phi) is 8.14. The van der Waals surface area contributed by atoms with Gasteiger partial charge < -0.3 is 5.23 Å². The molecule has 2 heteroatoms. The summed E-state index contributed by atoms with van der Waals surface area (Å²) in [6, 6.07) is 0. The molecular formula is C9H22BN. The molecule has 1 N–H and O–H groups in total. The fourth-order valence-corrected chi connectivity index (χ4v) is 1.33. The van der Waals surface area contributed by atoms with Crippen molar-refractivity contribution < 1.29 is 0 Å². The van der Waals surface area contributed by atoms with Crippen molar-refractivity contribution in [1.82, 2.24) is 5.23 Å². The van der Waals surface area contributed by atoms with Crippen molar-refractivity contribution in [2.24, 2.45) is 0 Å². The number of rotatable bonds is 7. The molecule has 0 amide bonds. The van der Waals surface area contributed by atoms with Crippen LogP contribution in [0, 0.1) is 0 Å². The standard InChI is InChI=1S/C9H22BN/c1-4-6-8-10(11-3)9-7-5-2/h11H,4-9H2,1-3H3. The van der Waals surface area contributed by atoms with Crippen molar-refractivity contribution in [3.05, 3.63) is 0 Å². The van der Waals surface area contributed by atoms with E-state index < -0.39 is 0 Å². The number of unbranched alkanes of at least 4 members (excludes halogenated alkanes) is 2. The van der Waals surface area contributed by atoms with E-state index in [1.165, 1.54) is 38.3 Å². The third-order valence-electron chi connectivity index (χ3n) is 2.22. The van der Waals surface area contributed by atoms with Crippen LogP contribution in [0.2, 0.25) is 12.6 Å². The molecule has 0 aliphatic carbocycles. The van der Waals surface area contributed by atoms with E-state index in [-0.39, 0.29) is 0 Å². The molecule has 0 unspecified atom stereocenters. The highest BCUT2D eigenvalue weighted by Crippen LogP contribution is 2.06. The van der Waals surface area contributed by atoms with Crippen LogP contribution in [-0.4, -0.2) is 13.9 Å². The van der Waals surface area contributed by atoms with Crippen LogP contribution in [0.15, 0.2) is 0 Å². The molecule has 0 spiro atoms. The van der Waals surface area contributed by atoms with Crippen LogP contribution >= 0.6 is 0 Å². The zero-order chi connectivity index (χ0) is 8.53. The van der Waals surface area contributed by atoms with E-state index in [1.54, 1.807) is 0 Å². The number of hydrogen-bond acceptors (Lipinski definition) is 1. The van der Waals surface area contributed by atoms with Crippen LogP contribution in [0.4, 0.5) is 0 Å². The zero-order valence-electron chi connectivity index (χ0n) is 8.32. The summed E-state index contributed by atoms with van der Waals surface area (Å²) in [7, 11) is 2.08. The summed E-state index contributed by atoms with van der Waals surface area (Å²) in [5.41, 5.74) is 0. The van der Waals surface area contributed by atoms with Crippen molar-refractivity contribution in [1.29, 1.82) is 0 Å². The fourth-order valence-electron chi connectivity index (χ4n) is 1.33. The maximum atomic E-state index is 3.37. The first-order valence-electron chi connectivity index (χ1n) is 5.02. The SMILES string of the molecule is CCCCB(CCCC)NC. The van der Waals surface area contributed by atoms with Crippen LogP contribution < -0.4 is 5.23 Å². The smallest absolute Gasteiger partial charge is 0.220 e. The van der Waals surface area contributed by atoms with Crippen molar-refractivity contribution in [2.45, 2.75) is 52.2 Å². The van der Waals surface area contributed by atoms with E-state index in [2.05, 4.69) is 26.1 Å². The van der Waals surface area contributed by atoms with E-state index in [9.17, 15) is 0 Å². The number of hydrogen-bond donors (Lipinski definition) is 1. The van der Waals surface area contributed by atoms with E-state index in [1.807, 2.05) is 0 Å². The van der Waals surface area contributed by atoms with E-state index in [0.29, 0.717) is 0 Å². The van der Waals surface area contributed by atoms with Crippen molar-refractivity contribution >= 4 is 6.85 Å². The van der Waals surface area contributed by atoms with Gasteiger partial charge in [-0.2, -0.15) is 0 Å². The lowest BCUT2D eigenvalue weighted by Gasteiger charge is -2.09. The average molecular weight is 155 g/mol. The summed E-state index contributed by atoms with van der Waals surface area (Å²) < 4.78 is 0. The fraction of sp³-hybridized carbons (Fsp3) is 1.00. The Hall–Kier alpha value is 0.0249. The quantitative estimate of drug-likeness (QED) is 0.557. The number of nitrogens with one attached hydrogen (secondary N) is 1. The summed E-state index contributed by atoms with van der Waals surface area (Å²) in [6.07, 6.45) is 8.10. The summed E-state index contributed by atoms with van der Waals surface area (Å²) >= 11 is 0. The van der Waals surface area contributed by atoms with E-state index in [0.717, 1.165) is 6.85 Å². The van der Waals surface area contributed by atoms with Gasteiger partial charge in [0, 0.05) is 0 Å². The molecule has 0 bridgehead atoms. The zero-order valence-corrected chi connectivity index (χ0v) is 8.32. The predicted octanol–water partition coefficient (Wildman–Crippen LogP) is 2.80. The Morgan fingerprint density at radius 1 is 1.00 bits per heavy atom. The molecule has 0 atom stereocenters. The van der Waals surface area contributed by atoms with Crippen LogP contribution in [0.1, 0.15) is 39.5 Å². The molecule has 0 aromatic carbocycles. The molecule has 66 valence electrons. The molecule has 0 rings (SSSR count). The summed E-state index contributed by atoms with van der Waals surface area (Å²) in [6.45, 7) is 5.29. The second-order valence-corrected chi connectivity index (χ2v) is 3.27. The maximum Gasteiger partial charge on any atom is 0.220 e. The first kappa shape index (κ1) is 11.0. The minimum absolute atomic E-state index is 0.773. The molecule has 0 saturated carbocycles. The molecular weight excluding hydrogens is 133 g/mol. The second kappa shape index (κ2) is 8.12. The van der Waals surface area contributed by atoms with Gasteiger partial charge in [0.15, 0.2) is 0 Å². The van der Waals surface area contributed by atoms with Gasteiger partial charge in [-0.3, -0.25) is 0 Å². The lowest BCUT2D eigenvalue weighted by molar-refractivity contribution is 0.827. The lowest BCUT2D eigenvalue weighted by atomic mass is 9.55. The minimum Gasteiger partial charge on any atom is -0.358 e. The van der Waals surface area contributed by atoms with Crippen molar-refractivity contribution in [3.8, 4) is 0 Å². The monoisotopic (exact) mass is 155 g/mol. The highest BCUT2D eigenvalue weighted by atomic mass is 14.7. The van der Waals surface area contributed by atoms with Gasteiger partial charge in [-0.05, 0) is 7.05 Å². The third-order valence-corrected chi connectivity index (χ3v) is 2.22. The van der Waals surface area contributed by atoms with Crippen LogP contribution in [0.5, 0.6) is 0 Å². The van der Waals surface area contributed by atoms with E-state index in [4.69, 9.17) is 0 Å². The predicted molar refractivity (Wildman–Crippen MR) is 54.2 cm³/mol. The average Bonchev–Trinajstić information content (AvgIpc) is 2.05. The Morgan fingerprint density at radius 2 is 1.45 bits per heavy atom. The molecule has 0 aliphatic heterocycles. The highest BCUT2D eigenvalue weighted by Gasteiger charge is 2.08. The minimum atomic E-state index is 0.773. The lowest BCUT2D eigenvalue weighted by Crippen LogP contribution is -2.29. The van der Waals surface area contributed by atoms with Crippen molar-refractivity contribution in [2.75, 3.05) is 7.05 Å². The highest BCUT2D eigenvalue weighted by molar-refractivity contribution is 6.55. The van der Waals surface area contributed by atoms with Gasteiger partial charge in [0.05, 0.1) is 0 Å². The molecule has 0 saturated heterocycles. The van der Waals surface area contributed by atoms with Crippen LogP contribution in [0.25, 0.3) is 0 Å². The van der Waals surface area contributed by atoms with Gasteiger partial charge in [0.25, 0.3) is 0 Å². The van der Waals surface area contributed by atoms with Gasteiger partial charge >= 0.3 is 0 Å². The molecule has 11 heavy (non-hydrogen) atoms. The maximum absolute atomic E-state index is 3.37. The van der Waals surface area contributed by atoms with Crippen LogP contribution in [0.3, 0.4) is 0 Å². The third kappa shape index (κ3) is 6.42. The second-order valence-electron chi connectivity index (χ2n) is 3.27. The molecule has 1 nitrogen and oxygen atoms in total. The Bertz CT molecular complexity index is 68.0. The Labute approximate surface area is 72.1 Å². The van der Waals surface area contributed by atoms with Crippen LogP contribution in [-0.2, 0) is 0 Å². The van der Waals surface area contributed by atoms with Gasteiger partial charge in [-0.25, -0.2) is 0 Å². The van der Waals surface area contributed by atoms with Crippen molar-refractivity contribution in [3.63, 3.8) is 0 Å².